The van der Waals surface area contributed by atoms with Gasteiger partial charge in [-0.3, -0.25) is 4.79 Å². The van der Waals surface area contributed by atoms with Gasteiger partial charge in [0.1, 0.15) is 11.0 Å². The molecule has 0 bridgehead atoms. The lowest BCUT2D eigenvalue weighted by Gasteiger charge is -2.06. The maximum absolute atomic E-state index is 13.1. The summed E-state index contributed by atoms with van der Waals surface area (Å²) in [5.74, 6) is -0.938. The van der Waals surface area contributed by atoms with Crippen LogP contribution in [0.1, 0.15) is 10.4 Å². The van der Waals surface area contributed by atoms with E-state index >= 15 is 0 Å². The second kappa shape index (κ2) is 5.33. The number of pyridine rings is 1. The van der Waals surface area contributed by atoms with Gasteiger partial charge in [0.2, 0.25) is 0 Å². The standard InChI is InChI=1S/C12H7Cl2FN2O/c13-8-4-9(15)6-10(5-8)17-12(18)7-1-2-16-11(14)3-7/h1-6H,(H,17,18). The molecule has 2 aromatic rings. The van der Waals surface area contributed by atoms with Crippen molar-refractivity contribution < 1.29 is 9.18 Å². The number of carbonyl (C=O) groups is 1. The summed E-state index contributed by atoms with van der Waals surface area (Å²) in [5.41, 5.74) is 0.605. The molecular formula is C12H7Cl2FN2O. The molecule has 92 valence electrons. The monoisotopic (exact) mass is 284 g/mol. The number of rotatable bonds is 2. The first-order chi connectivity index (χ1) is 8.54. The van der Waals surface area contributed by atoms with Crippen LogP contribution >= 0.6 is 23.2 Å². The Balaban J connectivity index is 2.21. The second-order valence-electron chi connectivity index (χ2n) is 3.48. The first-order valence-corrected chi connectivity index (χ1v) is 5.69. The molecule has 1 aromatic carbocycles. The summed E-state index contributed by atoms with van der Waals surface area (Å²) in [6.45, 7) is 0. The van der Waals surface area contributed by atoms with Crippen LogP contribution in [-0.4, -0.2) is 10.9 Å². The van der Waals surface area contributed by atoms with Crippen molar-refractivity contribution in [1.82, 2.24) is 4.98 Å². The normalized spacial score (nSPS) is 10.2. The first-order valence-electron chi connectivity index (χ1n) is 4.93. The molecule has 6 heteroatoms. The Morgan fingerprint density at radius 2 is 2.00 bits per heavy atom. The molecule has 1 amide bonds. The molecule has 0 aliphatic rings. The van der Waals surface area contributed by atoms with E-state index in [1.165, 1.54) is 30.5 Å². The van der Waals surface area contributed by atoms with E-state index in [1.54, 1.807) is 0 Å². The highest BCUT2D eigenvalue weighted by molar-refractivity contribution is 6.31. The maximum atomic E-state index is 13.1. The minimum absolute atomic E-state index is 0.207. The third-order valence-electron chi connectivity index (χ3n) is 2.11. The predicted molar refractivity (Wildman–Crippen MR) is 68.6 cm³/mol. The van der Waals surface area contributed by atoms with E-state index in [0.29, 0.717) is 5.56 Å². The molecule has 0 spiro atoms. The van der Waals surface area contributed by atoms with Gasteiger partial charge in [0.05, 0.1) is 0 Å². The molecule has 1 heterocycles. The lowest BCUT2D eigenvalue weighted by molar-refractivity contribution is 0.102. The molecule has 1 aromatic heterocycles. The van der Waals surface area contributed by atoms with Crippen molar-refractivity contribution in [2.75, 3.05) is 5.32 Å². The summed E-state index contributed by atoms with van der Waals surface area (Å²) < 4.78 is 13.1. The number of carbonyl (C=O) groups excluding carboxylic acids is 1. The lowest BCUT2D eigenvalue weighted by Crippen LogP contribution is -2.12. The largest absolute Gasteiger partial charge is 0.322 e. The van der Waals surface area contributed by atoms with Crippen LogP contribution in [0.15, 0.2) is 36.5 Å². The Morgan fingerprint density at radius 1 is 1.22 bits per heavy atom. The quantitative estimate of drug-likeness (QED) is 0.853. The molecule has 1 N–H and O–H groups in total. The van der Waals surface area contributed by atoms with Crippen LogP contribution in [0, 0.1) is 5.82 Å². The molecular weight excluding hydrogens is 278 g/mol. The highest BCUT2D eigenvalue weighted by atomic mass is 35.5. The molecule has 2 rings (SSSR count). The number of nitrogens with zero attached hydrogens (tertiary/aromatic N) is 1. The Hall–Kier alpha value is -1.65. The zero-order valence-corrected chi connectivity index (χ0v) is 10.5. The highest BCUT2D eigenvalue weighted by Crippen LogP contribution is 2.19. The van der Waals surface area contributed by atoms with Crippen molar-refractivity contribution in [3.05, 3.63) is 58.1 Å². The van der Waals surface area contributed by atoms with Crippen LogP contribution in [0.25, 0.3) is 0 Å². The second-order valence-corrected chi connectivity index (χ2v) is 4.30. The highest BCUT2D eigenvalue weighted by Gasteiger charge is 2.08. The number of halogens is 3. The van der Waals surface area contributed by atoms with Crippen LogP contribution in [0.3, 0.4) is 0 Å². The first kappa shape index (κ1) is 12.8. The van der Waals surface area contributed by atoms with Crippen molar-refractivity contribution in [2.45, 2.75) is 0 Å². The number of anilines is 1. The number of hydrogen-bond acceptors (Lipinski definition) is 2. The van der Waals surface area contributed by atoms with E-state index in [-0.39, 0.29) is 15.9 Å². The predicted octanol–water partition coefficient (Wildman–Crippen LogP) is 3.78. The fourth-order valence-corrected chi connectivity index (χ4v) is 1.77. The molecule has 0 aliphatic heterocycles. The average Bonchev–Trinajstić information content (AvgIpc) is 2.27. The molecule has 0 saturated heterocycles. The van der Waals surface area contributed by atoms with Crippen LogP contribution in [0.5, 0.6) is 0 Å². The van der Waals surface area contributed by atoms with E-state index in [4.69, 9.17) is 23.2 Å². The van der Waals surface area contributed by atoms with Crippen molar-refractivity contribution >= 4 is 34.8 Å². The number of nitrogens with one attached hydrogen (secondary N) is 1. The van der Waals surface area contributed by atoms with Crippen LogP contribution in [0.2, 0.25) is 10.2 Å². The Kier molecular flexibility index (Phi) is 3.79. The molecule has 0 unspecified atom stereocenters. The van der Waals surface area contributed by atoms with Gasteiger partial charge in [-0.2, -0.15) is 0 Å². The van der Waals surface area contributed by atoms with Crippen molar-refractivity contribution in [2.24, 2.45) is 0 Å². The van der Waals surface area contributed by atoms with Gasteiger partial charge < -0.3 is 5.32 Å². The van der Waals surface area contributed by atoms with Gasteiger partial charge >= 0.3 is 0 Å². The maximum Gasteiger partial charge on any atom is 0.255 e. The van der Waals surface area contributed by atoms with Crippen LogP contribution < -0.4 is 5.32 Å². The molecule has 0 aliphatic carbocycles. The number of hydrogen-bond donors (Lipinski definition) is 1. The van der Waals surface area contributed by atoms with Gasteiger partial charge in [0.25, 0.3) is 5.91 Å². The van der Waals surface area contributed by atoms with E-state index < -0.39 is 11.7 Å². The summed E-state index contributed by atoms with van der Waals surface area (Å²) in [7, 11) is 0. The smallest absolute Gasteiger partial charge is 0.255 e. The fourth-order valence-electron chi connectivity index (χ4n) is 1.37. The summed E-state index contributed by atoms with van der Waals surface area (Å²) in [6.07, 6.45) is 1.41. The Morgan fingerprint density at radius 3 is 2.67 bits per heavy atom. The summed E-state index contributed by atoms with van der Waals surface area (Å²) in [5, 5.41) is 2.93. The molecule has 0 radical (unpaired) electrons. The van der Waals surface area contributed by atoms with E-state index in [0.717, 1.165) is 6.07 Å². The summed E-state index contributed by atoms with van der Waals surface area (Å²) >= 11 is 11.4. The fraction of sp³-hybridized carbons (Fsp3) is 0. The van der Waals surface area contributed by atoms with Crippen LogP contribution in [-0.2, 0) is 0 Å². The van der Waals surface area contributed by atoms with E-state index in [9.17, 15) is 9.18 Å². The minimum Gasteiger partial charge on any atom is -0.322 e. The third kappa shape index (κ3) is 3.18. The van der Waals surface area contributed by atoms with E-state index in [1.807, 2.05) is 0 Å². The summed E-state index contributed by atoms with van der Waals surface area (Å²) in [6, 6.07) is 6.69. The minimum atomic E-state index is -0.523. The SMILES string of the molecule is O=C(Nc1cc(F)cc(Cl)c1)c1ccnc(Cl)c1. The van der Waals surface area contributed by atoms with Gasteiger partial charge in [-0.05, 0) is 30.3 Å². The number of benzene rings is 1. The number of amides is 1. The Labute approximate surface area is 113 Å². The molecule has 0 atom stereocenters. The van der Waals surface area contributed by atoms with Crippen LogP contribution in [0.4, 0.5) is 10.1 Å². The van der Waals surface area contributed by atoms with Crippen molar-refractivity contribution in [3.63, 3.8) is 0 Å². The van der Waals surface area contributed by atoms with Crippen molar-refractivity contribution in [3.8, 4) is 0 Å². The Bertz CT molecular complexity index is 584. The van der Waals surface area contributed by atoms with Gasteiger partial charge in [-0.25, -0.2) is 9.37 Å². The molecule has 18 heavy (non-hydrogen) atoms. The zero-order chi connectivity index (χ0) is 13.1. The van der Waals surface area contributed by atoms with Gasteiger partial charge in [-0.1, -0.05) is 23.2 Å². The molecule has 0 saturated carbocycles. The van der Waals surface area contributed by atoms with Crippen molar-refractivity contribution in [1.29, 1.82) is 0 Å². The van der Waals surface area contributed by atoms with Gasteiger partial charge in [-0.15, -0.1) is 0 Å². The summed E-state index contributed by atoms with van der Waals surface area (Å²) in [4.78, 5) is 15.6. The van der Waals surface area contributed by atoms with Gasteiger partial charge in [0.15, 0.2) is 0 Å². The zero-order valence-electron chi connectivity index (χ0n) is 8.95. The van der Waals surface area contributed by atoms with E-state index in [2.05, 4.69) is 10.3 Å². The topological polar surface area (TPSA) is 42.0 Å². The number of aromatic nitrogens is 1. The molecule has 0 fully saturated rings. The molecule has 3 nitrogen and oxygen atoms in total. The lowest BCUT2D eigenvalue weighted by atomic mass is 10.2. The van der Waals surface area contributed by atoms with Gasteiger partial charge in [0, 0.05) is 22.5 Å². The average molecular weight is 285 g/mol. The third-order valence-corrected chi connectivity index (χ3v) is 2.53.